The molecule has 1 aliphatic rings. The number of carbonyl (C=O) groups excluding carboxylic acids is 3. The topological polar surface area (TPSA) is 72.9 Å². The summed E-state index contributed by atoms with van der Waals surface area (Å²) >= 11 is 0. The Balaban J connectivity index is 3.07. The highest BCUT2D eigenvalue weighted by molar-refractivity contribution is 6.00. The van der Waals surface area contributed by atoms with Crippen molar-refractivity contribution >= 4 is 17.8 Å². The monoisotopic (exact) mass is 297 g/mol. The largest absolute Gasteiger partial charge is 0.465 e. The van der Waals surface area contributed by atoms with Crippen molar-refractivity contribution in [2.45, 2.75) is 34.1 Å². The SMILES string of the molecule is CCOC(=O)C(C(=O)OCC)C1CC(C)=CN(CC)C1=O. The van der Waals surface area contributed by atoms with Gasteiger partial charge in [-0.25, -0.2) is 0 Å². The van der Waals surface area contributed by atoms with E-state index in [1.165, 1.54) is 4.90 Å². The van der Waals surface area contributed by atoms with Crippen LogP contribution < -0.4 is 0 Å². The van der Waals surface area contributed by atoms with Gasteiger partial charge < -0.3 is 14.4 Å². The lowest BCUT2D eigenvalue weighted by Gasteiger charge is -2.32. The van der Waals surface area contributed by atoms with Crippen molar-refractivity contribution in [1.29, 1.82) is 0 Å². The number of hydrogen-bond donors (Lipinski definition) is 0. The third kappa shape index (κ3) is 4.06. The molecule has 6 nitrogen and oxygen atoms in total. The lowest BCUT2D eigenvalue weighted by atomic mass is 9.84. The number of rotatable bonds is 6. The number of carbonyl (C=O) groups is 3. The minimum atomic E-state index is -1.20. The van der Waals surface area contributed by atoms with Crippen molar-refractivity contribution < 1.29 is 23.9 Å². The molecule has 1 heterocycles. The maximum absolute atomic E-state index is 12.4. The molecule has 0 spiro atoms. The molecule has 1 aliphatic heterocycles. The Morgan fingerprint density at radius 1 is 1.24 bits per heavy atom. The van der Waals surface area contributed by atoms with E-state index in [1.807, 2.05) is 13.8 Å². The number of nitrogens with zero attached hydrogens (tertiary/aromatic N) is 1. The third-order valence-electron chi connectivity index (χ3n) is 3.34. The van der Waals surface area contributed by atoms with Gasteiger partial charge in [0.25, 0.3) is 0 Å². The van der Waals surface area contributed by atoms with Gasteiger partial charge in [0.15, 0.2) is 5.92 Å². The van der Waals surface area contributed by atoms with E-state index in [0.29, 0.717) is 13.0 Å². The van der Waals surface area contributed by atoms with Crippen LogP contribution in [-0.4, -0.2) is 42.5 Å². The van der Waals surface area contributed by atoms with Gasteiger partial charge in [0.2, 0.25) is 5.91 Å². The lowest BCUT2D eigenvalue weighted by Crippen LogP contribution is -2.45. The Labute approximate surface area is 125 Å². The molecule has 0 bridgehead atoms. The summed E-state index contributed by atoms with van der Waals surface area (Å²) < 4.78 is 9.89. The summed E-state index contributed by atoms with van der Waals surface area (Å²) in [5, 5.41) is 0. The van der Waals surface area contributed by atoms with Crippen molar-refractivity contribution in [2.24, 2.45) is 11.8 Å². The molecule has 0 aliphatic carbocycles. The molecule has 21 heavy (non-hydrogen) atoms. The number of allylic oxidation sites excluding steroid dienone is 1. The second kappa shape index (κ2) is 7.81. The number of hydrogen-bond acceptors (Lipinski definition) is 5. The molecule has 118 valence electrons. The lowest BCUT2D eigenvalue weighted by molar-refractivity contribution is -0.168. The van der Waals surface area contributed by atoms with Gasteiger partial charge in [0, 0.05) is 12.7 Å². The molecule has 1 rings (SSSR count). The molecule has 0 aromatic heterocycles. The zero-order valence-corrected chi connectivity index (χ0v) is 13.0. The van der Waals surface area contributed by atoms with Crippen LogP contribution in [0.1, 0.15) is 34.1 Å². The van der Waals surface area contributed by atoms with Crippen LogP contribution in [0.25, 0.3) is 0 Å². The summed E-state index contributed by atoms with van der Waals surface area (Å²) in [6.07, 6.45) is 2.11. The predicted octanol–water partition coefficient (Wildman–Crippen LogP) is 1.50. The van der Waals surface area contributed by atoms with Crippen molar-refractivity contribution in [3.05, 3.63) is 11.8 Å². The average Bonchev–Trinajstić information content (AvgIpc) is 2.43. The quantitative estimate of drug-likeness (QED) is 0.549. The summed E-state index contributed by atoms with van der Waals surface area (Å²) in [5.41, 5.74) is 0.944. The van der Waals surface area contributed by atoms with E-state index >= 15 is 0 Å². The average molecular weight is 297 g/mol. The summed E-state index contributed by atoms with van der Waals surface area (Å²) in [7, 11) is 0. The molecule has 0 saturated heterocycles. The first-order valence-electron chi connectivity index (χ1n) is 7.27. The molecule has 0 saturated carbocycles. The smallest absolute Gasteiger partial charge is 0.321 e. The second-order valence-electron chi connectivity index (χ2n) is 4.89. The molecule has 1 amide bonds. The third-order valence-corrected chi connectivity index (χ3v) is 3.34. The van der Waals surface area contributed by atoms with Crippen LogP contribution in [0.2, 0.25) is 0 Å². The van der Waals surface area contributed by atoms with Gasteiger partial charge in [-0.3, -0.25) is 14.4 Å². The number of amides is 1. The summed E-state index contributed by atoms with van der Waals surface area (Å²) in [6, 6.07) is 0. The normalized spacial score (nSPS) is 18.5. The first kappa shape index (κ1) is 17.2. The van der Waals surface area contributed by atoms with Gasteiger partial charge >= 0.3 is 11.9 Å². The van der Waals surface area contributed by atoms with Gasteiger partial charge in [0.1, 0.15) is 0 Å². The Bertz CT molecular complexity index is 425. The molecular weight excluding hydrogens is 274 g/mol. The van der Waals surface area contributed by atoms with Gasteiger partial charge in [-0.05, 0) is 34.1 Å². The highest BCUT2D eigenvalue weighted by Crippen LogP contribution is 2.29. The fourth-order valence-corrected chi connectivity index (χ4v) is 2.43. The second-order valence-corrected chi connectivity index (χ2v) is 4.89. The van der Waals surface area contributed by atoms with Gasteiger partial charge in [-0.1, -0.05) is 5.57 Å². The Morgan fingerprint density at radius 2 is 1.76 bits per heavy atom. The highest BCUT2D eigenvalue weighted by atomic mass is 16.6. The minimum absolute atomic E-state index is 0.155. The van der Waals surface area contributed by atoms with Crippen LogP contribution >= 0.6 is 0 Å². The van der Waals surface area contributed by atoms with E-state index in [9.17, 15) is 14.4 Å². The van der Waals surface area contributed by atoms with E-state index in [2.05, 4.69) is 0 Å². The number of ether oxygens (including phenoxy) is 2. The molecule has 6 heteroatoms. The fraction of sp³-hybridized carbons (Fsp3) is 0.667. The molecule has 0 aromatic carbocycles. The van der Waals surface area contributed by atoms with Crippen molar-refractivity contribution in [3.8, 4) is 0 Å². The van der Waals surface area contributed by atoms with Crippen molar-refractivity contribution in [1.82, 2.24) is 4.90 Å². The van der Waals surface area contributed by atoms with Crippen LogP contribution in [0, 0.1) is 11.8 Å². The molecule has 0 aromatic rings. The molecular formula is C15H23NO5. The fourth-order valence-electron chi connectivity index (χ4n) is 2.43. The Morgan fingerprint density at radius 3 is 2.19 bits per heavy atom. The predicted molar refractivity (Wildman–Crippen MR) is 76.0 cm³/mol. The maximum atomic E-state index is 12.4. The highest BCUT2D eigenvalue weighted by Gasteiger charge is 2.44. The van der Waals surface area contributed by atoms with Gasteiger partial charge in [-0.15, -0.1) is 0 Å². The van der Waals surface area contributed by atoms with Gasteiger partial charge in [0.05, 0.1) is 19.1 Å². The zero-order chi connectivity index (χ0) is 16.0. The maximum Gasteiger partial charge on any atom is 0.321 e. The standard InChI is InChI=1S/C15H23NO5/c1-5-16-9-10(4)8-11(13(16)17)12(14(18)20-6-2)15(19)21-7-3/h9,11-12H,5-8H2,1-4H3. The van der Waals surface area contributed by atoms with E-state index in [1.54, 1.807) is 20.0 Å². The molecule has 1 unspecified atom stereocenters. The summed E-state index contributed by atoms with van der Waals surface area (Å²) in [6.45, 7) is 7.83. The molecule has 1 atom stereocenters. The van der Waals surface area contributed by atoms with Crippen LogP contribution in [-0.2, 0) is 23.9 Å². The molecule has 0 radical (unpaired) electrons. The van der Waals surface area contributed by atoms with E-state index in [4.69, 9.17) is 9.47 Å². The van der Waals surface area contributed by atoms with E-state index in [-0.39, 0.29) is 19.1 Å². The van der Waals surface area contributed by atoms with Crippen LogP contribution in [0.4, 0.5) is 0 Å². The Hall–Kier alpha value is -1.85. The molecule has 0 N–H and O–H groups in total. The first-order chi connectivity index (χ1) is 9.96. The number of esters is 2. The summed E-state index contributed by atoms with van der Waals surface area (Å²) in [4.78, 5) is 38.1. The van der Waals surface area contributed by atoms with Crippen LogP contribution in [0.3, 0.4) is 0 Å². The van der Waals surface area contributed by atoms with Crippen LogP contribution in [0.15, 0.2) is 11.8 Å². The van der Waals surface area contributed by atoms with Crippen molar-refractivity contribution in [2.75, 3.05) is 19.8 Å². The first-order valence-corrected chi connectivity index (χ1v) is 7.27. The summed E-state index contributed by atoms with van der Waals surface area (Å²) in [5.74, 6) is -3.59. The molecule has 0 fully saturated rings. The van der Waals surface area contributed by atoms with E-state index in [0.717, 1.165) is 5.57 Å². The minimum Gasteiger partial charge on any atom is -0.465 e. The zero-order valence-electron chi connectivity index (χ0n) is 13.0. The van der Waals surface area contributed by atoms with Crippen molar-refractivity contribution in [3.63, 3.8) is 0 Å². The van der Waals surface area contributed by atoms with E-state index < -0.39 is 23.8 Å². The van der Waals surface area contributed by atoms with Gasteiger partial charge in [-0.2, -0.15) is 0 Å². The Kier molecular flexibility index (Phi) is 6.39. The van der Waals surface area contributed by atoms with Crippen LogP contribution in [0.5, 0.6) is 0 Å².